The molecule has 0 aliphatic heterocycles. The lowest BCUT2D eigenvalue weighted by atomic mass is 9.86. The fourth-order valence-electron chi connectivity index (χ4n) is 5.80. The van der Waals surface area contributed by atoms with Crippen molar-refractivity contribution in [2.45, 2.75) is 0 Å². The van der Waals surface area contributed by atoms with E-state index < -0.39 is 0 Å². The second-order valence-electron chi connectivity index (χ2n) is 9.30. The van der Waals surface area contributed by atoms with E-state index in [4.69, 9.17) is 8.83 Å². The molecule has 0 fully saturated rings. The molecule has 2 nitrogen and oxygen atoms in total. The molecule has 168 valence electrons. The highest BCUT2D eigenvalue weighted by atomic mass is 16.3. The molecular weight excluding hydrogens is 440 g/mol. The van der Waals surface area contributed by atoms with Crippen LogP contribution in [0.5, 0.6) is 0 Å². The number of rotatable bonds is 2. The van der Waals surface area contributed by atoms with Crippen LogP contribution in [-0.2, 0) is 0 Å². The van der Waals surface area contributed by atoms with E-state index in [9.17, 15) is 0 Å². The predicted molar refractivity (Wildman–Crippen MR) is 149 cm³/mol. The van der Waals surface area contributed by atoms with E-state index in [0.717, 1.165) is 32.9 Å². The topological polar surface area (TPSA) is 26.3 Å². The fourth-order valence-corrected chi connectivity index (χ4v) is 5.80. The van der Waals surface area contributed by atoms with Crippen LogP contribution in [0.4, 0.5) is 0 Å². The summed E-state index contributed by atoms with van der Waals surface area (Å²) < 4.78 is 12.1. The summed E-state index contributed by atoms with van der Waals surface area (Å²) in [5.41, 5.74) is 7.50. The Bertz CT molecular complexity index is 2030. The first-order valence-corrected chi connectivity index (χ1v) is 12.2. The summed E-state index contributed by atoms with van der Waals surface area (Å²) >= 11 is 0. The predicted octanol–water partition coefficient (Wildman–Crippen LogP) is 9.97. The minimum Gasteiger partial charge on any atom is -0.464 e. The molecule has 0 radical (unpaired) electrons. The van der Waals surface area contributed by atoms with Crippen LogP contribution < -0.4 is 0 Å². The first-order valence-electron chi connectivity index (χ1n) is 12.2. The van der Waals surface area contributed by atoms with Crippen molar-refractivity contribution in [1.29, 1.82) is 0 Å². The Morgan fingerprint density at radius 2 is 1.06 bits per heavy atom. The van der Waals surface area contributed by atoms with Crippen molar-refractivity contribution >= 4 is 54.5 Å². The lowest BCUT2D eigenvalue weighted by Crippen LogP contribution is -1.90. The molecule has 6 aromatic carbocycles. The quantitative estimate of drug-likeness (QED) is 0.240. The Balaban J connectivity index is 1.52. The summed E-state index contributed by atoms with van der Waals surface area (Å²) in [4.78, 5) is 0. The van der Waals surface area contributed by atoms with Gasteiger partial charge < -0.3 is 8.83 Å². The third-order valence-electron chi connectivity index (χ3n) is 7.33. The Labute approximate surface area is 207 Å². The lowest BCUT2D eigenvalue weighted by molar-refractivity contribution is 0.618. The van der Waals surface area contributed by atoms with Crippen LogP contribution in [-0.4, -0.2) is 0 Å². The minimum absolute atomic E-state index is 0.846. The third-order valence-corrected chi connectivity index (χ3v) is 7.33. The summed E-state index contributed by atoms with van der Waals surface area (Å²) in [7, 11) is 0. The highest BCUT2D eigenvalue weighted by Gasteiger charge is 2.18. The molecule has 8 rings (SSSR count). The minimum atomic E-state index is 0.846. The number of furan rings is 2. The van der Waals surface area contributed by atoms with Gasteiger partial charge in [0, 0.05) is 10.8 Å². The van der Waals surface area contributed by atoms with Crippen LogP contribution in [0.2, 0.25) is 0 Å². The smallest absolute Gasteiger partial charge is 0.145 e. The Hall–Kier alpha value is -4.82. The van der Waals surface area contributed by atoms with E-state index in [1.807, 2.05) is 18.2 Å². The van der Waals surface area contributed by atoms with Crippen molar-refractivity contribution in [3.63, 3.8) is 0 Å². The average molecular weight is 461 g/mol. The molecule has 0 spiro atoms. The van der Waals surface area contributed by atoms with Gasteiger partial charge in [-0.1, -0.05) is 84.9 Å². The van der Waals surface area contributed by atoms with E-state index in [1.54, 1.807) is 6.26 Å². The van der Waals surface area contributed by atoms with Crippen molar-refractivity contribution < 1.29 is 8.83 Å². The molecule has 2 heterocycles. The molecule has 0 N–H and O–H groups in total. The van der Waals surface area contributed by atoms with Crippen LogP contribution >= 0.6 is 0 Å². The van der Waals surface area contributed by atoms with Crippen molar-refractivity contribution in [3.05, 3.63) is 122 Å². The van der Waals surface area contributed by atoms with E-state index in [2.05, 4.69) is 97.1 Å². The second kappa shape index (κ2) is 7.34. The SMILES string of the molecule is c1ccc(-c2c3ccccc3c(-c3ccc4oc5ccc6ccoc6c5c4c3)c3ccccc23)cc1. The molecule has 0 atom stereocenters. The van der Waals surface area contributed by atoms with Crippen molar-refractivity contribution in [2.24, 2.45) is 0 Å². The molecule has 8 aromatic rings. The molecule has 36 heavy (non-hydrogen) atoms. The summed E-state index contributed by atoms with van der Waals surface area (Å²) in [6, 6.07) is 40.8. The average Bonchev–Trinajstić information content (AvgIpc) is 3.56. The zero-order valence-corrected chi connectivity index (χ0v) is 19.4. The van der Waals surface area contributed by atoms with E-state index >= 15 is 0 Å². The van der Waals surface area contributed by atoms with Crippen molar-refractivity contribution in [2.75, 3.05) is 0 Å². The normalized spacial score (nSPS) is 11.9. The van der Waals surface area contributed by atoms with Crippen LogP contribution in [0, 0.1) is 0 Å². The fraction of sp³-hybridized carbons (Fsp3) is 0. The van der Waals surface area contributed by atoms with Gasteiger partial charge in [-0.15, -0.1) is 0 Å². The van der Waals surface area contributed by atoms with Gasteiger partial charge in [0.25, 0.3) is 0 Å². The van der Waals surface area contributed by atoms with Gasteiger partial charge >= 0.3 is 0 Å². The highest BCUT2D eigenvalue weighted by molar-refractivity contribution is 6.23. The molecule has 0 unspecified atom stereocenters. The van der Waals surface area contributed by atoms with Gasteiger partial charge in [-0.3, -0.25) is 0 Å². The lowest BCUT2D eigenvalue weighted by Gasteiger charge is -2.17. The number of hydrogen-bond acceptors (Lipinski definition) is 2. The van der Waals surface area contributed by atoms with Crippen LogP contribution in [0.3, 0.4) is 0 Å². The van der Waals surface area contributed by atoms with Crippen LogP contribution in [0.1, 0.15) is 0 Å². The number of fused-ring (bicyclic) bond motifs is 7. The molecular formula is C34H20O2. The van der Waals surface area contributed by atoms with Gasteiger partial charge in [-0.2, -0.15) is 0 Å². The molecule has 0 saturated carbocycles. The second-order valence-corrected chi connectivity index (χ2v) is 9.30. The maximum atomic E-state index is 6.21. The molecule has 0 aliphatic carbocycles. The first kappa shape index (κ1) is 19.5. The van der Waals surface area contributed by atoms with Crippen LogP contribution in [0.25, 0.3) is 76.7 Å². The largest absolute Gasteiger partial charge is 0.464 e. The zero-order chi connectivity index (χ0) is 23.6. The van der Waals surface area contributed by atoms with Crippen molar-refractivity contribution in [3.8, 4) is 22.3 Å². The summed E-state index contributed by atoms with van der Waals surface area (Å²) in [6.45, 7) is 0. The van der Waals surface area contributed by atoms with Gasteiger partial charge in [0.15, 0.2) is 0 Å². The summed E-state index contributed by atoms with van der Waals surface area (Å²) in [6.07, 6.45) is 1.75. The highest BCUT2D eigenvalue weighted by Crippen LogP contribution is 2.45. The Kier molecular flexibility index (Phi) is 3.97. The molecule has 2 aromatic heterocycles. The van der Waals surface area contributed by atoms with Gasteiger partial charge in [-0.25, -0.2) is 0 Å². The van der Waals surface area contributed by atoms with Crippen LogP contribution in [0.15, 0.2) is 130 Å². The molecule has 0 amide bonds. The van der Waals surface area contributed by atoms with Gasteiger partial charge in [0.05, 0.1) is 11.6 Å². The number of hydrogen-bond donors (Lipinski definition) is 0. The van der Waals surface area contributed by atoms with Crippen molar-refractivity contribution in [1.82, 2.24) is 0 Å². The molecule has 0 bridgehead atoms. The maximum Gasteiger partial charge on any atom is 0.145 e. The molecule has 0 aliphatic rings. The zero-order valence-electron chi connectivity index (χ0n) is 19.4. The van der Waals surface area contributed by atoms with Gasteiger partial charge in [0.1, 0.15) is 16.7 Å². The monoisotopic (exact) mass is 460 g/mol. The third kappa shape index (κ3) is 2.67. The maximum absolute atomic E-state index is 6.21. The Morgan fingerprint density at radius 3 is 1.75 bits per heavy atom. The summed E-state index contributed by atoms with van der Waals surface area (Å²) in [5, 5.41) is 8.17. The summed E-state index contributed by atoms with van der Waals surface area (Å²) in [5.74, 6) is 0. The molecule has 2 heteroatoms. The first-order chi connectivity index (χ1) is 17.9. The van der Waals surface area contributed by atoms with Gasteiger partial charge in [-0.05, 0) is 74.1 Å². The van der Waals surface area contributed by atoms with E-state index in [-0.39, 0.29) is 0 Å². The standard InChI is InChI=1S/C34H20O2/c1-2-8-21(9-3-1)31-24-10-4-6-12-26(24)32(27-13-7-5-11-25(27)31)23-15-16-29-28(20-23)33-30(36-29)17-14-22-18-19-35-34(22)33/h1-20H. The Morgan fingerprint density at radius 1 is 0.444 bits per heavy atom. The van der Waals surface area contributed by atoms with E-state index in [1.165, 1.54) is 43.8 Å². The van der Waals surface area contributed by atoms with Gasteiger partial charge in [0.2, 0.25) is 0 Å². The molecule has 0 saturated heterocycles. The van der Waals surface area contributed by atoms with E-state index in [0.29, 0.717) is 0 Å². The number of benzene rings is 6.